The minimum Gasteiger partial charge on any atom is -0.480 e. The van der Waals surface area contributed by atoms with Gasteiger partial charge >= 0.3 is 23.7 Å². The van der Waals surface area contributed by atoms with Crippen LogP contribution in [0.1, 0.15) is 37.8 Å². The van der Waals surface area contributed by atoms with Gasteiger partial charge in [0.2, 0.25) is 0 Å². The van der Waals surface area contributed by atoms with Crippen molar-refractivity contribution in [3.8, 4) is 11.1 Å². The summed E-state index contributed by atoms with van der Waals surface area (Å²) in [6, 6.07) is 21.0. The van der Waals surface area contributed by atoms with Gasteiger partial charge in [-0.05, 0) is 55.2 Å². The molecule has 1 heterocycles. The molecule has 1 atom stereocenters. The highest BCUT2D eigenvalue weighted by atomic mass is 16.6. The van der Waals surface area contributed by atoms with Crippen molar-refractivity contribution in [3.05, 3.63) is 94.4 Å². The second-order valence-electron chi connectivity index (χ2n) is 10.9. The van der Waals surface area contributed by atoms with E-state index in [4.69, 9.17) is 9.47 Å². The quantitative estimate of drug-likeness (QED) is 0.312. The van der Waals surface area contributed by atoms with E-state index in [0.29, 0.717) is 11.0 Å². The summed E-state index contributed by atoms with van der Waals surface area (Å²) in [4.78, 5) is 50.8. The number of nitrogens with one attached hydrogen (secondary N) is 1. The van der Waals surface area contributed by atoms with Crippen molar-refractivity contribution in [2.24, 2.45) is 0 Å². The molecule has 2 N–H and O–H groups in total. The predicted octanol–water partition coefficient (Wildman–Crippen LogP) is 4.14. The van der Waals surface area contributed by atoms with E-state index in [2.05, 4.69) is 5.32 Å². The van der Waals surface area contributed by atoms with Crippen LogP contribution in [0.3, 0.4) is 0 Å². The van der Waals surface area contributed by atoms with E-state index in [1.54, 1.807) is 45.0 Å². The Bertz CT molecular complexity index is 1650. The zero-order valence-electron chi connectivity index (χ0n) is 23.0. The lowest BCUT2D eigenvalue weighted by molar-refractivity contribution is -0.155. The maximum Gasteiger partial charge on any atom is 0.407 e. The molecule has 1 unspecified atom stereocenters. The first-order chi connectivity index (χ1) is 19.5. The molecule has 10 nitrogen and oxygen atoms in total. The number of nitrogens with zero attached hydrogens (tertiary/aromatic N) is 2. The number of ether oxygens (including phenoxy) is 2. The highest BCUT2D eigenvalue weighted by Gasteiger charge is 2.30. The van der Waals surface area contributed by atoms with Gasteiger partial charge in [0.05, 0.1) is 17.6 Å². The Morgan fingerprint density at radius 2 is 1.41 bits per heavy atom. The molecule has 0 spiro atoms. The second kappa shape index (κ2) is 11.0. The van der Waals surface area contributed by atoms with E-state index in [-0.39, 0.29) is 25.6 Å². The normalized spacial score (nSPS) is 13.3. The van der Waals surface area contributed by atoms with Gasteiger partial charge in [0.1, 0.15) is 24.8 Å². The number of carboxylic acids is 1. The fourth-order valence-electron chi connectivity index (χ4n) is 5.25. The molecule has 3 aromatic carbocycles. The van der Waals surface area contributed by atoms with Crippen molar-refractivity contribution in [3.63, 3.8) is 0 Å². The fourth-order valence-corrected chi connectivity index (χ4v) is 5.25. The van der Waals surface area contributed by atoms with Crippen molar-refractivity contribution in [1.29, 1.82) is 0 Å². The summed E-state index contributed by atoms with van der Waals surface area (Å²) in [6.45, 7) is 4.47. The first-order valence-electron chi connectivity index (χ1n) is 13.3. The molecule has 4 aromatic rings. The Labute approximate surface area is 236 Å². The zero-order chi connectivity index (χ0) is 29.3. The number of benzene rings is 3. The van der Waals surface area contributed by atoms with Crippen molar-refractivity contribution >= 4 is 29.1 Å². The average molecular weight is 558 g/mol. The number of hydrogen-bond donors (Lipinski definition) is 2. The molecule has 1 amide bonds. The summed E-state index contributed by atoms with van der Waals surface area (Å²) in [5.74, 6) is -2.13. The molecule has 5 rings (SSSR count). The Balaban J connectivity index is 1.32. The van der Waals surface area contributed by atoms with Gasteiger partial charge in [0.15, 0.2) is 0 Å². The topological polar surface area (TPSA) is 129 Å². The number of imidazole rings is 1. The van der Waals surface area contributed by atoms with E-state index in [1.807, 2.05) is 48.5 Å². The van der Waals surface area contributed by atoms with Gasteiger partial charge in [-0.2, -0.15) is 0 Å². The lowest BCUT2D eigenvalue weighted by Gasteiger charge is -2.19. The first-order valence-corrected chi connectivity index (χ1v) is 13.3. The number of rotatable bonds is 8. The molecule has 0 bridgehead atoms. The molecule has 41 heavy (non-hydrogen) atoms. The van der Waals surface area contributed by atoms with Crippen molar-refractivity contribution in [2.75, 3.05) is 6.61 Å². The molecule has 212 valence electrons. The molecule has 0 radical (unpaired) electrons. The number of hydrogen-bond acceptors (Lipinski definition) is 6. The van der Waals surface area contributed by atoms with Crippen LogP contribution in [-0.2, 0) is 32.2 Å². The number of aliphatic carboxylic acids is 1. The zero-order valence-corrected chi connectivity index (χ0v) is 23.0. The summed E-state index contributed by atoms with van der Waals surface area (Å²) in [5, 5.41) is 12.3. The maximum absolute atomic E-state index is 13.3. The molecule has 10 heteroatoms. The number of alkyl carbamates (subject to hydrolysis) is 1. The number of amides is 1. The Hall–Kier alpha value is -4.86. The molecule has 0 saturated heterocycles. The highest BCUT2D eigenvalue weighted by Crippen LogP contribution is 2.44. The number of fused-ring (bicyclic) bond motifs is 4. The van der Waals surface area contributed by atoms with Crippen LogP contribution in [0.2, 0.25) is 0 Å². The summed E-state index contributed by atoms with van der Waals surface area (Å²) < 4.78 is 13.3. The van der Waals surface area contributed by atoms with Gasteiger partial charge < -0.3 is 19.9 Å². The van der Waals surface area contributed by atoms with Crippen LogP contribution in [-0.4, -0.2) is 50.5 Å². The highest BCUT2D eigenvalue weighted by molar-refractivity contribution is 5.82. The van der Waals surface area contributed by atoms with Gasteiger partial charge in [0, 0.05) is 5.92 Å². The van der Waals surface area contributed by atoms with Crippen molar-refractivity contribution < 1.29 is 29.0 Å². The Morgan fingerprint density at radius 1 is 0.878 bits per heavy atom. The SMILES string of the molecule is CC(C)(C)OC(=O)Cn1c(=O)n(CC(NC(=O)OCC2c3ccccc3-c3ccccc32)C(=O)O)c2ccccc21. The van der Waals surface area contributed by atoms with Gasteiger partial charge in [0.25, 0.3) is 0 Å². The predicted molar refractivity (Wildman–Crippen MR) is 152 cm³/mol. The van der Waals surface area contributed by atoms with E-state index < -0.39 is 35.4 Å². The molecular formula is C31H31N3O7. The van der Waals surface area contributed by atoms with Crippen LogP contribution >= 0.6 is 0 Å². The van der Waals surface area contributed by atoms with E-state index in [0.717, 1.165) is 22.3 Å². The number of para-hydroxylation sites is 2. The van der Waals surface area contributed by atoms with Crippen molar-refractivity contribution in [1.82, 2.24) is 14.5 Å². The maximum atomic E-state index is 13.3. The van der Waals surface area contributed by atoms with Crippen molar-refractivity contribution in [2.45, 2.75) is 51.4 Å². The lowest BCUT2D eigenvalue weighted by atomic mass is 9.98. The van der Waals surface area contributed by atoms with Gasteiger partial charge in [-0.1, -0.05) is 60.7 Å². The third-order valence-corrected chi connectivity index (χ3v) is 6.93. The largest absolute Gasteiger partial charge is 0.480 e. The van der Waals surface area contributed by atoms with E-state index >= 15 is 0 Å². The minimum absolute atomic E-state index is 0.0152. The summed E-state index contributed by atoms with van der Waals surface area (Å²) in [6.07, 6.45) is -0.912. The molecule has 0 aliphatic heterocycles. The fraction of sp³-hybridized carbons (Fsp3) is 0.290. The smallest absolute Gasteiger partial charge is 0.407 e. The standard InChI is InChI=1S/C31H31N3O7/c1-31(2,3)41-27(35)17-34-26-15-9-8-14-25(26)33(30(34)39)16-24(28(36)37)32-29(38)40-18-23-21-12-6-4-10-19(21)20-11-5-7-13-22(20)23/h4-15,23-24H,16-18H2,1-3H3,(H,32,38)(H,36,37). The monoisotopic (exact) mass is 557 g/mol. The van der Waals surface area contributed by atoms with Gasteiger partial charge in [-0.3, -0.25) is 13.9 Å². The Morgan fingerprint density at radius 3 is 1.98 bits per heavy atom. The Kier molecular flexibility index (Phi) is 7.40. The summed E-state index contributed by atoms with van der Waals surface area (Å²) >= 11 is 0. The number of esters is 1. The lowest BCUT2D eigenvalue weighted by Crippen LogP contribution is -2.46. The van der Waals surface area contributed by atoms with Crippen LogP contribution in [0.4, 0.5) is 4.79 Å². The first kappa shape index (κ1) is 27.7. The number of aromatic nitrogens is 2. The number of carbonyl (C=O) groups is 3. The van der Waals surface area contributed by atoms with Crippen LogP contribution in [0, 0.1) is 0 Å². The average Bonchev–Trinajstić information content (AvgIpc) is 3.38. The van der Waals surface area contributed by atoms with Gasteiger partial charge in [-0.25, -0.2) is 14.4 Å². The van der Waals surface area contributed by atoms with Crippen LogP contribution in [0.15, 0.2) is 77.6 Å². The summed E-state index contributed by atoms with van der Waals surface area (Å²) in [5.41, 5.74) is 3.72. The second-order valence-corrected chi connectivity index (χ2v) is 10.9. The molecular weight excluding hydrogens is 526 g/mol. The number of carbonyl (C=O) groups excluding carboxylic acids is 2. The third-order valence-electron chi connectivity index (χ3n) is 6.93. The molecule has 0 saturated carbocycles. The van der Waals surface area contributed by atoms with E-state index in [1.165, 1.54) is 9.13 Å². The number of carboxylic acid groups (broad SMARTS) is 1. The summed E-state index contributed by atoms with van der Waals surface area (Å²) in [7, 11) is 0. The van der Waals surface area contributed by atoms with E-state index in [9.17, 15) is 24.3 Å². The third kappa shape index (κ3) is 5.72. The molecule has 1 aliphatic rings. The molecule has 1 aromatic heterocycles. The minimum atomic E-state index is -1.47. The van der Waals surface area contributed by atoms with Crippen LogP contribution in [0.25, 0.3) is 22.2 Å². The van der Waals surface area contributed by atoms with Crippen LogP contribution in [0.5, 0.6) is 0 Å². The van der Waals surface area contributed by atoms with Gasteiger partial charge in [-0.15, -0.1) is 0 Å². The molecule has 1 aliphatic carbocycles. The van der Waals surface area contributed by atoms with Crippen LogP contribution < -0.4 is 11.0 Å². The molecule has 0 fully saturated rings.